The van der Waals surface area contributed by atoms with Gasteiger partial charge in [-0.2, -0.15) is 0 Å². The standard InChI is InChI=1S/C15H25NO/c1-5-10-17-15-8-6-14(7-9-15)11-13(4)16-12(2)3/h6-9,12-13,16H,5,10-11H2,1-4H3. The lowest BCUT2D eigenvalue weighted by Gasteiger charge is -2.17. The third kappa shape index (κ3) is 5.73. The Balaban J connectivity index is 2.44. The van der Waals surface area contributed by atoms with Crippen LogP contribution in [0.4, 0.5) is 0 Å². The van der Waals surface area contributed by atoms with E-state index in [4.69, 9.17) is 4.74 Å². The molecular formula is C15H25NO. The topological polar surface area (TPSA) is 21.3 Å². The normalized spacial score (nSPS) is 12.8. The van der Waals surface area contributed by atoms with Crippen LogP contribution >= 0.6 is 0 Å². The van der Waals surface area contributed by atoms with Gasteiger partial charge in [0.2, 0.25) is 0 Å². The summed E-state index contributed by atoms with van der Waals surface area (Å²) in [5.74, 6) is 0.972. The molecule has 1 N–H and O–H groups in total. The van der Waals surface area contributed by atoms with Crippen molar-refractivity contribution in [2.45, 2.75) is 52.6 Å². The minimum atomic E-state index is 0.511. The van der Waals surface area contributed by atoms with E-state index in [1.54, 1.807) is 0 Å². The molecule has 0 bridgehead atoms. The Kier molecular flexibility index (Phi) is 6.06. The molecule has 96 valence electrons. The average Bonchev–Trinajstić information content (AvgIpc) is 2.27. The molecule has 0 amide bonds. The summed E-state index contributed by atoms with van der Waals surface area (Å²) in [4.78, 5) is 0. The maximum Gasteiger partial charge on any atom is 0.119 e. The van der Waals surface area contributed by atoms with Gasteiger partial charge in [-0.05, 0) is 37.5 Å². The van der Waals surface area contributed by atoms with Crippen LogP contribution in [0.3, 0.4) is 0 Å². The lowest BCUT2D eigenvalue weighted by atomic mass is 10.1. The third-order valence-electron chi connectivity index (χ3n) is 2.56. The summed E-state index contributed by atoms with van der Waals surface area (Å²) in [5.41, 5.74) is 1.36. The molecule has 0 aliphatic rings. The van der Waals surface area contributed by atoms with E-state index in [0.29, 0.717) is 12.1 Å². The predicted octanol–water partition coefficient (Wildman–Crippen LogP) is 3.40. The maximum atomic E-state index is 5.56. The van der Waals surface area contributed by atoms with Gasteiger partial charge in [0.15, 0.2) is 0 Å². The molecule has 1 unspecified atom stereocenters. The maximum absolute atomic E-state index is 5.56. The molecule has 2 heteroatoms. The Morgan fingerprint density at radius 1 is 1.12 bits per heavy atom. The van der Waals surface area contributed by atoms with Gasteiger partial charge in [0, 0.05) is 12.1 Å². The first-order valence-corrected chi connectivity index (χ1v) is 6.59. The summed E-state index contributed by atoms with van der Waals surface area (Å²) in [7, 11) is 0. The Labute approximate surface area is 105 Å². The van der Waals surface area contributed by atoms with Crippen LogP contribution in [-0.4, -0.2) is 18.7 Å². The molecule has 0 aromatic heterocycles. The zero-order valence-electron chi connectivity index (χ0n) is 11.5. The fourth-order valence-electron chi connectivity index (χ4n) is 1.92. The fourth-order valence-corrected chi connectivity index (χ4v) is 1.92. The number of hydrogen-bond acceptors (Lipinski definition) is 2. The van der Waals surface area contributed by atoms with Crippen molar-refractivity contribution in [1.82, 2.24) is 5.32 Å². The summed E-state index contributed by atoms with van der Waals surface area (Å²) < 4.78 is 5.56. The van der Waals surface area contributed by atoms with E-state index >= 15 is 0 Å². The van der Waals surface area contributed by atoms with Crippen molar-refractivity contribution in [3.8, 4) is 5.75 Å². The molecule has 17 heavy (non-hydrogen) atoms. The van der Waals surface area contributed by atoms with Gasteiger partial charge in [-0.15, -0.1) is 0 Å². The minimum absolute atomic E-state index is 0.511. The van der Waals surface area contributed by atoms with Crippen LogP contribution in [0.1, 0.15) is 39.7 Å². The number of benzene rings is 1. The first kappa shape index (κ1) is 14.0. The molecule has 0 fully saturated rings. The quantitative estimate of drug-likeness (QED) is 0.782. The molecule has 2 nitrogen and oxygen atoms in total. The highest BCUT2D eigenvalue weighted by Crippen LogP contribution is 2.13. The van der Waals surface area contributed by atoms with Gasteiger partial charge in [-0.3, -0.25) is 0 Å². The Hall–Kier alpha value is -1.02. The van der Waals surface area contributed by atoms with Crippen LogP contribution in [0, 0.1) is 0 Å². The van der Waals surface area contributed by atoms with Crippen molar-refractivity contribution in [2.24, 2.45) is 0 Å². The number of rotatable bonds is 7. The Bertz CT molecular complexity index is 305. The summed E-state index contributed by atoms with van der Waals surface area (Å²) in [6, 6.07) is 9.49. The van der Waals surface area contributed by atoms with E-state index in [1.165, 1.54) is 5.56 Å². The lowest BCUT2D eigenvalue weighted by molar-refractivity contribution is 0.317. The molecule has 0 saturated carbocycles. The Morgan fingerprint density at radius 2 is 1.76 bits per heavy atom. The molecule has 0 spiro atoms. The second kappa shape index (κ2) is 7.33. The highest BCUT2D eigenvalue weighted by atomic mass is 16.5. The number of ether oxygens (including phenoxy) is 1. The van der Waals surface area contributed by atoms with E-state index in [2.05, 4.69) is 57.3 Å². The molecular weight excluding hydrogens is 210 g/mol. The van der Waals surface area contributed by atoms with Crippen molar-refractivity contribution in [2.75, 3.05) is 6.61 Å². The minimum Gasteiger partial charge on any atom is -0.494 e. The van der Waals surface area contributed by atoms with Crippen LogP contribution < -0.4 is 10.1 Å². The Morgan fingerprint density at radius 3 is 2.29 bits per heavy atom. The zero-order valence-corrected chi connectivity index (χ0v) is 11.5. The number of hydrogen-bond donors (Lipinski definition) is 1. The van der Waals surface area contributed by atoms with Crippen LogP contribution in [0.2, 0.25) is 0 Å². The van der Waals surface area contributed by atoms with Crippen molar-refractivity contribution in [3.05, 3.63) is 29.8 Å². The summed E-state index contributed by atoms with van der Waals surface area (Å²) in [6.45, 7) is 9.50. The summed E-state index contributed by atoms with van der Waals surface area (Å²) in [5, 5.41) is 3.51. The van der Waals surface area contributed by atoms with Gasteiger partial charge in [0.25, 0.3) is 0 Å². The molecule has 0 radical (unpaired) electrons. The summed E-state index contributed by atoms with van der Waals surface area (Å²) >= 11 is 0. The lowest BCUT2D eigenvalue weighted by Crippen LogP contribution is -2.33. The average molecular weight is 235 g/mol. The van der Waals surface area contributed by atoms with Gasteiger partial charge in [0.1, 0.15) is 5.75 Å². The van der Waals surface area contributed by atoms with Crippen molar-refractivity contribution < 1.29 is 4.74 Å². The second-order valence-corrected chi connectivity index (χ2v) is 4.92. The molecule has 1 rings (SSSR count). The highest BCUT2D eigenvalue weighted by Gasteiger charge is 2.04. The van der Waals surface area contributed by atoms with E-state index in [0.717, 1.165) is 25.2 Å². The first-order chi connectivity index (χ1) is 8.11. The smallest absolute Gasteiger partial charge is 0.119 e. The van der Waals surface area contributed by atoms with E-state index in [1.807, 2.05) is 0 Å². The van der Waals surface area contributed by atoms with E-state index in [-0.39, 0.29) is 0 Å². The molecule has 0 saturated heterocycles. The summed E-state index contributed by atoms with van der Waals surface area (Å²) in [6.07, 6.45) is 2.11. The van der Waals surface area contributed by atoms with Gasteiger partial charge < -0.3 is 10.1 Å². The highest BCUT2D eigenvalue weighted by molar-refractivity contribution is 5.27. The fraction of sp³-hybridized carbons (Fsp3) is 0.600. The SMILES string of the molecule is CCCOc1ccc(CC(C)NC(C)C)cc1. The largest absolute Gasteiger partial charge is 0.494 e. The molecule has 1 atom stereocenters. The van der Waals surface area contributed by atoms with E-state index in [9.17, 15) is 0 Å². The van der Waals surface area contributed by atoms with Gasteiger partial charge >= 0.3 is 0 Å². The van der Waals surface area contributed by atoms with Crippen LogP contribution in [0.15, 0.2) is 24.3 Å². The molecule has 1 aromatic rings. The van der Waals surface area contributed by atoms with E-state index < -0.39 is 0 Å². The van der Waals surface area contributed by atoms with Crippen LogP contribution in [-0.2, 0) is 6.42 Å². The zero-order chi connectivity index (χ0) is 12.7. The van der Waals surface area contributed by atoms with Gasteiger partial charge in [0.05, 0.1) is 6.61 Å². The molecule has 0 heterocycles. The second-order valence-electron chi connectivity index (χ2n) is 4.92. The van der Waals surface area contributed by atoms with Crippen LogP contribution in [0.25, 0.3) is 0 Å². The van der Waals surface area contributed by atoms with Gasteiger partial charge in [-0.1, -0.05) is 32.9 Å². The first-order valence-electron chi connectivity index (χ1n) is 6.59. The number of nitrogens with one attached hydrogen (secondary N) is 1. The van der Waals surface area contributed by atoms with Gasteiger partial charge in [-0.25, -0.2) is 0 Å². The molecule has 0 aliphatic heterocycles. The van der Waals surface area contributed by atoms with Crippen molar-refractivity contribution in [3.63, 3.8) is 0 Å². The van der Waals surface area contributed by atoms with Crippen molar-refractivity contribution in [1.29, 1.82) is 0 Å². The molecule has 0 aliphatic carbocycles. The monoisotopic (exact) mass is 235 g/mol. The molecule has 1 aromatic carbocycles. The van der Waals surface area contributed by atoms with Crippen molar-refractivity contribution >= 4 is 0 Å². The third-order valence-corrected chi connectivity index (χ3v) is 2.56. The predicted molar refractivity (Wildman–Crippen MR) is 73.7 cm³/mol. The van der Waals surface area contributed by atoms with Crippen LogP contribution in [0.5, 0.6) is 5.75 Å².